The largest absolute Gasteiger partial charge is 0.496 e. The monoisotopic (exact) mass is 239 g/mol. The zero-order valence-electron chi connectivity index (χ0n) is 11.1. The molecule has 1 atom stereocenters. The third kappa shape index (κ3) is 3.70. The van der Waals surface area contributed by atoms with Crippen molar-refractivity contribution in [3.8, 4) is 5.75 Å². The van der Waals surface area contributed by atoms with E-state index in [0.29, 0.717) is 5.92 Å². The van der Waals surface area contributed by atoms with Crippen LogP contribution >= 0.6 is 0 Å². The molecule has 3 heteroatoms. The molecule has 0 bridgehead atoms. The second kappa shape index (κ2) is 6.60. The SMILES string of the molecule is CCCNC(c1cc(F)ccc1OC)C(C)C. The van der Waals surface area contributed by atoms with Crippen LogP contribution in [-0.2, 0) is 0 Å². The number of rotatable bonds is 6. The number of nitrogens with one attached hydrogen (secondary N) is 1. The van der Waals surface area contributed by atoms with Crippen LogP contribution in [0.5, 0.6) is 5.75 Å². The minimum absolute atomic E-state index is 0.126. The summed E-state index contributed by atoms with van der Waals surface area (Å²) in [7, 11) is 1.62. The number of benzene rings is 1. The van der Waals surface area contributed by atoms with Crippen molar-refractivity contribution in [2.75, 3.05) is 13.7 Å². The van der Waals surface area contributed by atoms with E-state index in [1.807, 2.05) is 0 Å². The van der Waals surface area contributed by atoms with Crippen molar-refractivity contribution < 1.29 is 9.13 Å². The Morgan fingerprint density at radius 2 is 2.06 bits per heavy atom. The van der Waals surface area contributed by atoms with Crippen molar-refractivity contribution in [3.05, 3.63) is 29.6 Å². The second-order valence-corrected chi connectivity index (χ2v) is 4.56. The maximum absolute atomic E-state index is 13.3. The van der Waals surface area contributed by atoms with Crippen LogP contribution in [0.15, 0.2) is 18.2 Å². The van der Waals surface area contributed by atoms with E-state index in [1.165, 1.54) is 6.07 Å². The third-order valence-corrected chi connectivity index (χ3v) is 2.81. The van der Waals surface area contributed by atoms with Crippen LogP contribution in [0.25, 0.3) is 0 Å². The number of methoxy groups -OCH3 is 1. The first-order chi connectivity index (χ1) is 8.10. The lowest BCUT2D eigenvalue weighted by atomic mass is 9.95. The molecule has 0 saturated carbocycles. The summed E-state index contributed by atoms with van der Waals surface area (Å²) in [6.07, 6.45) is 1.06. The molecular formula is C14H22FNO. The topological polar surface area (TPSA) is 21.3 Å². The number of halogens is 1. The standard InChI is InChI=1S/C14H22FNO/c1-5-8-16-14(10(2)3)12-9-11(15)6-7-13(12)17-4/h6-7,9-10,14,16H,5,8H2,1-4H3. The Morgan fingerprint density at radius 3 is 2.59 bits per heavy atom. The Bertz CT molecular complexity index is 352. The van der Waals surface area contributed by atoms with Gasteiger partial charge in [0.15, 0.2) is 0 Å². The summed E-state index contributed by atoms with van der Waals surface area (Å²) < 4.78 is 18.7. The van der Waals surface area contributed by atoms with Crippen LogP contribution < -0.4 is 10.1 Å². The highest BCUT2D eigenvalue weighted by molar-refractivity contribution is 5.36. The molecule has 1 N–H and O–H groups in total. The molecule has 1 aromatic carbocycles. The van der Waals surface area contributed by atoms with Gasteiger partial charge in [0.2, 0.25) is 0 Å². The fraction of sp³-hybridized carbons (Fsp3) is 0.571. The quantitative estimate of drug-likeness (QED) is 0.820. The second-order valence-electron chi connectivity index (χ2n) is 4.56. The van der Waals surface area contributed by atoms with Gasteiger partial charge in [-0.25, -0.2) is 4.39 Å². The summed E-state index contributed by atoms with van der Waals surface area (Å²) >= 11 is 0. The lowest BCUT2D eigenvalue weighted by Crippen LogP contribution is -2.27. The molecular weight excluding hydrogens is 217 g/mol. The normalized spacial score (nSPS) is 12.8. The van der Waals surface area contributed by atoms with Crippen molar-refractivity contribution >= 4 is 0 Å². The van der Waals surface area contributed by atoms with Crippen LogP contribution in [-0.4, -0.2) is 13.7 Å². The van der Waals surface area contributed by atoms with Crippen LogP contribution in [0.2, 0.25) is 0 Å². The Kier molecular flexibility index (Phi) is 5.42. The lowest BCUT2D eigenvalue weighted by Gasteiger charge is -2.24. The average Bonchev–Trinajstić information content (AvgIpc) is 2.29. The molecule has 17 heavy (non-hydrogen) atoms. The van der Waals surface area contributed by atoms with Gasteiger partial charge in [-0.15, -0.1) is 0 Å². The van der Waals surface area contributed by atoms with Gasteiger partial charge in [-0.2, -0.15) is 0 Å². The van der Waals surface area contributed by atoms with Gasteiger partial charge < -0.3 is 10.1 Å². The summed E-state index contributed by atoms with van der Waals surface area (Å²) in [6, 6.07) is 4.81. The summed E-state index contributed by atoms with van der Waals surface area (Å²) in [5.41, 5.74) is 0.899. The summed E-state index contributed by atoms with van der Waals surface area (Å²) in [5.74, 6) is 0.913. The van der Waals surface area contributed by atoms with Gasteiger partial charge >= 0.3 is 0 Å². The van der Waals surface area contributed by atoms with Gasteiger partial charge in [0.1, 0.15) is 11.6 Å². The first kappa shape index (κ1) is 14.0. The molecule has 1 aromatic rings. The van der Waals surface area contributed by atoms with E-state index in [2.05, 4.69) is 26.1 Å². The predicted octanol–water partition coefficient (Wildman–Crippen LogP) is 3.53. The Hall–Kier alpha value is -1.09. The smallest absolute Gasteiger partial charge is 0.123 e. The van der Waals surface area contributed by atoms with Gasteiger partial charge in [0.05, 0.1) is 7.11 Å². The molecule has 0 spiro atoms. The molecule has 0 aliphatic heterocycles. The minimum Gasteiger partial charge on any atom is -0.496 e. The van der Waals surface area contributed by atoms with Gasteiger partial charge in [0.25, 0.3) is 0 Å². The summed E-state index contributed by atoms with van der Waals surface area (Å²) in [4.78, 5) is 0. The number of hydrogen-bond donors (Lipinski definition) is 1. The zero-order valence-corrected chi connectivity index (χ0v) is 11.1. The van der Waals surface area contributed by atoms with Crippen molar-refractivity contribution in [2.45, 2.75) is 33.2 Å². The van der Waals surface area contributed by atoms with Gasteiger partial charge in [0, 0.05) is 11.6 Å². The molecule has 0 saturated heterocycles. The van der Waals surface area contributed by atoms with Gasteiger partial charge in [-0.1, -0.05) is 20.8 Å². The van der Waals surface area contributed by atoms with Crippen molar-refractivity contribution in [1.29, 1.82) is 0 Å². The van der Waals surface area contributed by atoms with Crippen molar-refractivity contribution in [3.63, 3.8) is 0 Å². The zero-order chi connectivity index (χ0) is 12.8. The number of ether oxygens (including phenoxy) is 1. The molecule has 2 nitrogen and oxygen atoms in total. The lowest BCUT2D eigenvalue weighted by molar-refractivity contribution is 0.368. The van der Waals surface area contributed by atoms with E-state index < -0.39 is 0 Å². The highest BCUT2D eigenvalue weighted by Crippen LogP contribution is 2.30. The molecule has 1 rings (SSSR count). The van der Waals surface area contributed by atoms with E-state index in [1.54, 1.807) is 19.2 Å². The first-order valence-electron chi connectivity index (χ1n) is 6.17. The highest BCUT2D eigenvalue weighted by atomic mass is 19.1. The molecule has 1 unspecified atom stereocenters. The fourth-order valence-corrected chi connectivity index (χ4v) is 1.95. The van der Waals surface area contributed by atoms with E-state index >= 15 is 0 Å². The summed E-state index contributed by atoms with van der Waals surface area (Å²) in [6.45, 7) is 7.28. The molecule has 96 valence electrons. The molecule has 0 aromatic heterocycles. The van der Waals surface area contributed by atoms with E-state index in [0.717, 1.165) is 24.3 Å². The maximum atomic E-state index is 13.3. The fourth-order valence-electron chi connectivity index (χ4n) is 1.95. The van der Waals surface area contributed by atoms with Crippen LogP contribution in [0.4, 0.5) is 4.39 Å². The first-order valence-corrected chi connectivity index (χ1v) is 6.17. The Balaban J connectivity index is 3.02. The molecule has 0 aliphatic rings. The Morgan fingerprint density at radius 1 is 1.35 bits per heavy atom. The molecule has 0 fully saturated rings. The molecule has 0 amide bonds. The predicted molar refractivity (Wildman–Crippen MR) is 68.8 cm³/mol. The van der Waals surface area contributed by atoms with Gasteiger partial charge in [-0.3, -0.25) is 0 Å². The third-order valence-electron chi connectivity index (χ3n) is 2.81. The van der Waals surface area contributed by atoms with Crippen LogP contribution in [0.1, 0.15) is 38.8 Å². The van der Waals surface area contributed by atoms with Crippen LogP contribution in [0.3, 0.4) is 0 Å². The van der Waals surface area contributed by atoms with Crippen LogP contribution in [0, 0.1) is 11.7 Å². The van der Waals surface area contributed by atoms with E-state index in [9.17, 15) is 4.39 Å². The number of hydrogen-bond acceptors (Lipinski definition) is 2. The molecule has 0 aliphatic carbocycles. The summed E-state index contributed by atoms with van der Waals surface area (Å²) in [5, 5.41) is 3.44. The van der Waals surface area contributed by atoms with E-state index in [4.69, 9.17) is 4.74 Å². The molecule has 0 heterocycles. The van der Waals surface area contributed by atoms with Gasteiger partial charge in [-0.05, 0) is 37.1 Å². The highest BCUT2D eigenvalue weighted by Gasteiger charge is 2.19. The molecule has 0 radical (unpaired) electrons. The minimum atomic E-state index is -0.218. The Labute approximate surface area is 103 Å². The van der Waals surface area contributed by atoms with E-state index in [-0.39, 0.29) is 11.9 Å². The van der Waals surface area contributed by atoms with Crippen molar-refractivity contribution in [2.24, 2.45) is 5.92 Å². The average molecular weight is 239 g/mol. The van der Waals surface area contributed by atoms with Crippen molar-refractivity contribution in [1.82, 2.24) is 5.32 Å². The maximum Gasteiger partial charge on any atom is 0.123 e.